The molecule has 6 nitrogen and oxygen atoms in total. The number of aryl methyl sites for hydroxylation is 1. The predicted molar refractivity (Wildman–Crippen MR) is 118 cm³/mol. The molecule has 152 valence electrons. The van der Waals surface area contributed by atoms with Crippen molar-refractivity contribution in [3.8, 4) is 0 Å². The number of urea groups is 1. The zero-order chi connectivity index (χ0) is 20.9. The Bertz CT molecular complexity index is 1080. The summed E-state index contributed by atoms with van der Waals surface area (Å²) in [6.45, 7) is 3.98. The molecule has 2 aromatic carbocycles. The topological polar surface area (TPSA) is 87.3 Å². The third-order valence-corrected chi connectivity index (χ3v) is 6.51. The van der Waals surface area contributed by atoms with Gasteiger partial charge in [0.2, 0.25) is 0 Å². The van der Waals surface area contributed by atoms with E-state index in [1.807, 2.05) is 19.9 Å². The third kappa shape index (κ3) is 6.07. The summed E-state index contributed by atoms with van der Waals surface area (Å²) >= 11 is 1.71. The number of para-hydroxylation sites is 1. The number of thiophene rings is 1. The Balaban J connectivity index is 1.62. The molecular formula is C21H23N3O3S2. The first-order chi connectivity index (χ1) is 13.8. The summed E-state index contributed by atoms with van der Waals surface area (Å²) in [4.78, 5) is 14.8. The molecule has 0 spiro atoms. The van der Waals surface area contributed by atoms with Crippen molar-refractivity contribution < 1.29 is 13.2 Å². The van der Waals surface area contributed by atoms with Crippen LogP contribution in [0.3, 0.4) is 0 Å². The monoisotopic (exact) mass is 429 g/mol. The van der Waals surface area contributed by atoms with Crippen LogP contribution in [0.5, 0.6) is 0 Å². The summed E-state index contributed by atoms with van der Waals surface area (Å²) in [6, 6.07) is 18.5. The van der Waals surface area contributed by atoms with Gasteiger partial charge in [0.25, 0.3) is 10.0 Å². The van der Waals surface area contributed by atoms with E-state index in [9.17, 15) is 13.2 Å². The van der Waals surface area contributed by atoms with E-state index in [-0.39, 0.29) is 17.0 Å². The Labute approximate surface area is 175 Å². The second kappa shape index (κ2) is 9.11. The van der Waals surface area contributed by atoms with Gasteiger partial charge >= 0.3 is 6.03 Å². The molecule has 3 N–H and O–H groups in total. The Kier molecular flexibility index (Phi) is 6.56. The molecular weight excluding hydrogens is 406 g/mol. The number of carbonyl (C=O) groups excluding carboxylic acids is 1. The number of amides is 2. The Morgan fingerprint density at radius 1 is 1.00 bits per heavy atom. The van der Waals surface area contributed by atoms with Crippen molar-refractivity contribution >= 4 is 38.8 Å². The fourth-order valence-corrected chi connectivity index (χ4v) is 4.92. The number of anilines is 2. The lowest BCUT2D eigenvalue weighted by Gasteiger charge is -2.14. The van der Waals surface area contributed by atoms with E-state index in [0.29, 0.717) is 11.4 Å². The molecule has 0 saturated carbocycles. The summed E-state index contributed by atoms with van der Waals surface area (Å²) < 4.78 is 27.7. The van der Waals surface area contributed by atoms with Gasteiger partial charge in [0, 0.05) is 33.6 Å². The molecule has 1 atom stereocenters. The zero-order valence-corrected chi connectivity index (χ0v) is 17.8. The minimum absolute atomic E-state index is 0.0558. The molecule has 3 aromatic rings. The molecule has 3 rings (SSSR count). The van der Waals surface area contributed by atoms with Crippen LogP contribution in [0.1, 0.15) is 16.7 Å². The van der Waals surface area contributed by atoms with Crippen LogP contribution in [0.15, 0.2) is 71.6 Å². The maximum absolute atomic E-state index is 12.6. The molecule has 0 aliphatic rings. The molecule has 2 amide bonds. The number of hydrogen-bond acceptors (Lipinski definition) is 4. The van der Waals surface area contributed by atoms with Crippen molar-refractivity contribution in [2.75, 3.05) is 10.0 Å². The first kappa shape index (κ1) is 20.9. The van der Waals surface area contributed by atoms with Crippen LogP contribution in [0, 0.1) is 6.92 Å². The summed E-state index contributed by atoms with van der Waals surface area (Å²) in [7, 11) is -3.75. The lowest BCUT2D eigenvalue weighted by atomic mass is 10.2. The largest absolute Gasteiger partial charge is 0.335 e. The van der Waals surface area contributed by atoms with Crippen molar-refractivity contribution in [2.45, 2.75) is 31.2 Å². The summed E-state index contributed by atoms with van der Waals surface area (Å²) in [5, 5.41) is 5.58. The highest BCUT2D eigenvalue weighted by molar-refractivity contribution is 7.92. The smallest absolute Gasteiger partial charge is 0.319 e. The molecule has 0 radical (unpaired) electrons. The maximum Gasteiger partial charge on any atom is 0.319 e. The zero-order valence-electron chi connectivity index (χ0n) is 16.2. The highest BCUT2D eigenvalue weighted by Gasteiger charge is 2.16. The quantitative estimate of drug-likeness (QED) is 0.512. The molecule has 0 bridgehead atoms. The van der Waals surface area contributed by atoms with Crippen LogP contribution in [0.25, 0.3) is 0 Å². The van der Waals surface area contributed by atoms with Crippen LogP contribution < -0.4 is 15.4 Å². The average Bonchev–Trinajstić information content (AvgIpc) is 3.06. The van der Waals surface area contributed by atoms with E-state index in [4.69, 9.17) is 0 Å². The van der Waals surface area contributed by atoms with Crippen LogP contribution in [0.4, 0.5) is 16.2 Å². The van der Waals surface area contributed by atoms with Gasteiger partial charge in [-0.05, 0) is 56.3 Å². The fraction of sp³-hybridized carbons (Fsp3) is 0.190. The van der Waals surface area contributed by atoms with Crippen LogP contribution in [-0.2, 0) is 16.4 Å². The number of carbonyl (C=O) groups is 1. The summed E-state index contributed by atoms with van der Waals surface area (Å²) in [6.07, 6.45) is 0.737. The van der Waals surface area contributed by atoms with E-state index in [1.165, 1.54) is 21.9 Å². The lowest BCUT2D eigenvalue weighted by Crippen LogP contribution is -2.37. The van der Waals surface area contributed by atoms with Gasteiger partial charge in [-0.2, -0.15) is 0 Å². The minimum atomic E-state index is -3.75. The molecule has 0 aliphatic carbocycles. The first-order valence-electron chi connectivity index (χ1n) is 9.12. The van der Waals surface area contributed by atoms with Crippen molar-refractivity contribution in [3.63, 3.8) is 0 Å². The predicted octanol–water partition coefficient (Wildman–Crippen LogP) is 4.61. The minimum Gasteiger partial charge on any atom is -0.335 e. The van der Waals surface area contributed by atoms with E-state index in [0.717, 1.165) is 6.42 Å². The number of rotatable bonds is 7. The van der Waals surface area contributed by atoms with Gasteiger partial charge in [-0.1, -0.05) is 24.3 Å². The molecule has 29 heavy (non-hydrogen) atoms. The van der Waals surface area contributed by atoms with Gasteiger partial charge < -0.3 is 10.6 Å². The number of hydrogen-bond donors (Lipinski definition) is 3. The van der Waals surface area contributed by atoms with Gasteiger partial charge in [0.1, 0.15) is 0 Å². The SMILES string of the molecule is Cc1ccc(CC(C)NC(=O)Nc2cccc(S(=O)(=O)Nc3ccccc3)c2)s1. The van der Waals surface area contributed by atoms with Gasteiger partial charge in [0.15, 0.2) is 0 Å². The Morgan fingerprint density at radius 2 is 1.72 bits per heavy atom. The van der Waals surface area contributed by atoms with E-state index < -0.39 is 10.0 Å². The fourth-order valence-electron chi connectivity index (χ4n) is 2.80. The highest BCUT2D eigenvalue weighted by Crippen LogP contribution is 2.20. The second-order valence-electron chi connectivity index (χ2n) is 6.72. The first-order valence-corrected chi connectivity index (χ1v) is 11.4. The molecule has 0 aliphatic heterocycles. The molecule has 8 heteroatoms. The van der Waals surface area contributed by atoms with Crippen molar-refractivity contribution in [2.24, 2.45) is 0 Å². The average molecular weight is 430 g/mol. The van der Waals surface area contributed by atoms with E-state index in [2.05, 4.69) is 27.5 Å². The van der Waals surface area contributed by atoms with Gasteiger partial charge in [-0.25, -0.2) is 13.2 Å². The summed E-state index contributed by atoms with van der Waals surface area (Å²) in [5.41, 5.74) is 0.874. The van der Waals surface area contributed by atoms with Crippen molar-refractivity contribution in [1.29, 1.82) is 0 Å². The summed E-state index contributed by atoms with van der Waals surface area (Å²) in [5.74, 6) is 0. The molecule has 1 unspecified atom stereocenters. The van der Waals surface area contributed by atoms with Gasteiger partial charge in [-0.3, -0.25) is 4.72 Å². The normalized spacial score (nSPS) is 12.2. The molecule has 1 aromatic heterocycles. The van der Waals surface area contributed by atoms with Crippen LogP contribution in [-0.4, -0.2) is 20.5 Å². The van der Waals surface area contributed by atoms with E-state index >= 15 is 0 Å². The Hall–Kier alpha value is -2.84. The standard InChI is InChI=1S/C21H23N3O3S2/c1-15(13-19-12-11-16(2)28-19)22-21(25)23-18-9-6-10-20(14-18)29(26,27)24-17-7-4-3-5-8-17/h3-12,14-15,24H,13H2,1-2H3,(H2,22,23,25). The van der Waals surface area contributed by atoms with Gasteiger partial charge in [-0.15, -0.1) is 11.3 Å². The van der Waals surface area contributed by atoms with E-state index in [1.54, 1.807) is 47.7 Å². The molecule has 0 saturated heterocycles. The van der Waals surface area contributed by atoms with Crippen molar-refractivity contribution in [3.05, 3.63) is 76.5 Å². The molecule has 0 fully saturated rings. The van der Waals surface area contributed by atoms with Crippen LogP contribution >= 0.6 is 11.3 Å². The van der Waals surface area contributed by atoms with Gasteiger partial charge in [0.05, 0.1) is 4.90 Å². The Morgan fingerprint density at radius 3 is 2.41 bits per heavy atom. The number of sulfonamides is 1. The van der Waals surface area contributed by atoms with Crippen molar-refractivity contribution in [1.82, 2.24) is 5.32 Å². The maximum atomic E-state index is 12.6. The molecule has 1 heterocycles. The third-order valence-electron chi connectivity index (χ3n) is 4.11. The number of nitrogens with one attached hydrogen (secondary N) is 3. The number of benzene rings is 2. The second-order valence-corrected chi connectivity index (χ2v) is 9.77. The van der Waals surface area contributed by atoms with Crippen LogP contribution in [0.2, 0.25) is 0 Å². The lowest BCUT2D eigenvalue weighted by molar-refractivity contribution is 0.249. The highest BCUT2D eigenvalue weighted by atomic mass is 32.2.